The van der Waals surface area contributed by atoms with Crippen LogP contribution >= 0.6 is 0 Å². The highest BCUT2D eigenvalue weighted by Gasteiger charge is 2.11. The second-order valence-corrected chi connectivity index (χ2v) is 7.24. The van der Waals surface area contributed by atoms with Crippen LogP contribution in [0.2, 0.25) is 0 Å². The maximum absolute atomic E-state index is 13.5. The molecule has 3 aromatic carbocycles. The number of methoxy groups -OCH3 is 2. The van der Waals surface area contributed by atoms with Gasteiger partial charge in [0.2, 0.25) is 5.88 Å². The Hall–Kier alpha value is -4.46. The second kappa shape index (κ2) is 10.4. The van der Waals surface area contributed by atoms with E-state index in [0.29, 0.717) is 34.1 Å². The molecule has 0 saturated carbocycles. The number of nitrogens with one attached hydrogen (secondary N) is 1. The van der Waals surface area contributed by atoms with Crippen molar-refractivity contribution >= 4 is 5.91 Å². The van der Waals surface area contributed by atoms with E-state index in [1.165, 1.54) is 18.5 Å². The second-order valence-electron chi connectivity index (χ2n) is 7.24. The van der Waals surface area contributed by atoms with Crippen LogP contribution in [0.15, 0.2) is 79.1 Å². The average Bonchev–Trinajstić information content (AvgIpc) is 2.87. The van der Waals surface area contributed by atoms with Crippen LogP contribution < -0.4 is 19.5 Å². The summed E-state index contributed by atoms with van der Waals surface area (Å²) in [6.07, 6.45) is 1.34. The number of rotatable bonds is 8. The van der Waals surface area contributed by atoms with Gasteiger partial charge in [0, 0.05) is 35.4 Å². The van der Waals surface area contributed by atoms with Gasteiger partial charge in [0.15, 0.2) is 0 Å². The van der Waals surface area contributed by atoms with Crippen molar-refractivity contribution < 1.29 is 23.4 Å². The summed E-state index contributed by atoms with van der Waals surface area (Å²) in [4.78, 5) is 21.0. The Labute approximate surface area is 196 Å². The lowest BCUT2D eigenvalue weighted by atomic mass is 10.1. The molecule has 7 nitrogen and oxygen atoms in total. The topological polar surface area (TPSA) is 82.6 Å². The van der Waals surface area contributed by atoms with Crippen LogP contribution in [0.4, 0.5) is 4.39 Å². The molecule has 1 aromatic heterocycles. The zero-order valence-corrected chi connectivity index (χ0v) is 18.6. The molecule has 0 aliphatic rings. The van der Waals surface area contributed by atoms with E-state index in [2.05, 4.69) is 15.3 Å². The molecule has 172 valence electrons. The number of carbonyl (C=O) groups excluding carboxylic acids is 1. The number of halogens is 1. The minimum absolute atomic E-state index is 0.272. The molecule has 0 aliphatic carbocycles. The summed E-state index contributed by atoms with van der Waals surface area (Å²) >= 11 is 0. The highest BCUT2D eigenvalue weighted by atomic mass is 19.1. The van der Waals surface area contributed by atoms with Crippen LogP contribution in [0.3, 0.4) is 0 Å². The lowest BCUT2D eigenvalue weighted by Crippen LogP contribution is -2.23. The normalized spacial score (nSPS) is 10.4. The minimum Gasteiger partial charge on any atom is -0.497 e. The van der Waals surface area contributed by atoms with Gasteiger partial charge < -0.3 is 19.5 Å². The van der Waals surface area contributed by atoms with Gasteiger partial charge in [0.1, 0.15) is 29.4 Å². The van der Waals surface area contributed by atoms with Gasteiger partial charge >= 0.3 is 0 Å². The van der Waals surface area contributed by atoms with E-state index in [-0.39, 0.29) is 24.1 Å². The van der Waals surface area contributed by atoms with Gasteiger partial charge in [-0.15, -0.1) is 0 Å². The fourth-order valence-corrected chi connectivity index (χ4v) is 3.30. The molecule has 0 unspecified atom stereocenters. The SMILES string of the molecule is COc1ccc(CNC(=O)c2cccc(Oc3cc(-c4cccc(F)c4)ncn3)c2)c(OC)c1. The van der Waals surface area contributed by atoms with Crippen molar-refractivity contribution in [3.05, 3.63) is 96.1 Å². The molecule has 0 radical (unpaired) electrons. The molecule has 1 amide bonds. The summed E-state index contributed by atoms with van der Waals surface area (Å²) in [5.41, 5.74) is 2.36. The van der Waals surface area contributed by atoms with Crippen LogP contribution in [0.5, 0.6) is 23.1 Å². The number of hydrogen-bond acceptors (Lipinski definition) is 6. The number of carbonyl (C=O) groups is 1. The Balaban J connectivity index is 1.45. The predicted octanol–water partition coefficient (Wildman–Crippen LogP) is 5.02. The van der Waals surface area contributed by atoms with Gasteiger partial charge in [-0.1, -0.05) is 18.2 Å². The smallest absolute Gasteiger partial charge is 0.251 e. The molecule has 34 heavy (non-hydrogen) atoms. The molecular weight excluding hydrogens is 437 g/mol. The van der Waals surface area contributed by atoms with Crippen LogP contribution in [0.1, 0.15) is 15.9 Å². The number of aromatic nitrogens is 2. The van der Waals surface area contributed by atoms with E-state index in [4.69, 9.17) is 14.2 Å². The van der Waals surface area contributed by atoms with Crippen molar-refractivity contribution in [3.63, 3.8) is 0 Å². The summed E-state index contributed by atoms with van der Waals surface area (Å²) in [6.45, 7) is 0.278. The Morgan fingerprint density at radius 2 is 1.76 bits per heavy atom. The standard InChI is InChI=1S/C26H22FN3O4/c1-32-21-10-9-19(24(13-21)33-2)15-28-26(31)18-6-4-8-22(12-18)34-25-14-23(29-16-30-25)17-5-3-7-20(27)11-17/h3-14,16H,15H2,1-2H3,(H,28,31). The number of amides is 1. The molecule has 8 heteroatoms. The molecule has 0 aliphatic heterocycles. The molecule has 4 rings (SSSR count). The zero-order chi connectivity index (χ0) is 23.9. The van der Waals surface area contributed by atoms with Gasteiger partial charge in [0.25, 0.3) is 5.91 Å². The summed E-state index contributed by atoms with van der Waals surface area (Å²) in [7, 11) is 3.14. The average molecular weight is 459 g/mol. The lowest BCUT2D eigenvalue weighted by molar-refractivity contribution is 0.0950. The van der Waals surface area contributed by atoms with Crippen molar-refractivity contribution in [2.75, 3.05) is 14.2 Å². The third-order valence-corrected chi connectivity index (χ3v) is 5.01. The molecule has 0 atom stereocenters. The third kappa shape index (κ3) is 5.47. The summed E-state index contributed by atoms with van der Waals surface area (Å²) in [5, 5.41) is 2.88. The van der Waals surface area contributed by atoms with Crippen LogP contribution in [0, 0.1) is 5.82 Å². The van der Waals surface area contributed by atoms with Crippen molar-refractivity contribution in [1.29, 1.82) is 0 Å². The molecule has 0 saturated heterocycles. The van der Waals surface area contributed by atoms with Gasteiger partial charge in [-0.25, -0.2) is 14.4 Å². The Morgan fingerprint density at radius 3 is 2.56 bits per heavy atom. The van der Waals surface area contributed by atoms with Gasteiger partial charge in [-0.05, 0) is 42.5 Å². The third-order valence-electron chi connectivity index (χ3n) is 5.01. The first-order valence-corrected chi connectivity index (χ1v) is 10.4. The summed E-state index contributed by atoms with van der Waals surface area (Å²) in [6, 6.07) is 19.8. The lowest BCUT2D eigenvalue weighted by Gasteiger charge is -2.12. The largest absolute Gasteiger partial charge is 0.497 e. The molecule has 1 heterocycles. The number of benzene rings is 3. The first-order valence-electron chi connectivity index (χ1n) is 10.4. The number of hydrogen-bond donors (Lipinski definition) is 1. The van der Waals surface area contributed by atoms with E-state index in [1.54, 1.807) is 68.8 Å². The van der Waals surface area contributed by atoms with Crippen molar-refractivity contribution in [2.45, 2.75) is 6.54 Å². The molecule has 1 N–H and O–H groups in total. The highest BCUT2D eigenvalue weighted by Crippen LogP contribution is 2.26. The van der Waals surface area contributed by atoms with Crippen molar-refractivity contribution in [2.24, 2.45) is 0 Å². The van der Waals surface area contributed by atoms with Crippen molar-refractivity contribution in [1.82, 2.24) is 15.3 Å². The first kappa shape index (κ1) is 22.7. The monoisotopic (exact) mass is 459 g/mol. The van der Waals surface area contributed by atoms with Gasteiger partial charge in [-0.2, -0.15) is 0 Å². The fourth-order valence-electron chi connectivity index (χ4n) is 3.30. The summed E-state index contributed by atoms with van der Waals surface area (Å²) in [5.74, 6) is 1.36. The first-order chi connectivity index (χ1) is 16.6. The van der Waals surface area contributed by atoms with Crippen LogP contribution in [-0.4, -0.2) is 30.1 Å². The van der Waals surface area contributed by atoms with Crippen LogP contribution in [0.25, 0.3) is 11.3 Å². The molecular formula is C26H22FN3O4. The quantitative estimate of drug-likeness (QED) is 0.398. The number of ether oxygens (including phenoxy) is 3. The van der Waals surface area contributed by atoms with E-state index < -0.39 is 0 Å². The van der Waals surface area contributed by atoms with E-state index in [0.717, 1.165) is 5.56 Å². The van der Waals surface area contributed by atoms with Crippen molar-refractivity contribution in [3.8, 4) is 34.4 Å². The predicted molar refractivity (Wildman–Crippen MR) is 125 cm³/mol. The Morgan fingerprint density at radius 1 is 0.912 bits per heavy atom. The Bertz CT molecular complexity index is 1310. The molecule has 0 bridgehead atoms. The van der Waals surface area contributed by atoms with E-state index in [1.807, 2.05) is 6.07 Å². The van der Waals surface area contributed by atoms with Gasteiger partial charge in [0.05, 0.1) is 19.9 Å². The van der Waals surface area contributed by atoms with Gasteiger partial charge in [-0.3, -0.25) is 4.79 Å². The summed E-state index contributed by atoms with van der Waals surface area (Å²) < 4.78 is 29.9. The molecule has 0 spiro atoms. The minimum atomic E-state index is -0.357. The Kier molecular flexibility index (Phi) is 6.98. The zero-order valence-electron chi connectivity index (χ0n) is 18.6. The molecule has 0 fully saturated rings. The highest BCUT2D eigenvalue weighted by molar-refractivity contribution is 5.94. The maximum Gasteiger partial charge on any atom is 0.251 e. The molecule has 4 aromatic rings. The maximum atomic E-state index is 13.5. The van der Waals surface area contributed by atoms with E-state index >= 15 is 0 Å². The number of nitrogens with zero attached hydrogens (tertiary/aromatic N) is 2. The van der Waals surface area contributed by atoms with Crippen LogP contribution in [-0.2, 0) is 6.54 Å². The fraction of sp³-hybridized carbons (Fsp3) is 0.115. The van der Waals surface area contributed by atoms with E-state index in [9.17, 15) is 9.18 Å².